The molecule has 0 radical (unpaired) electrons. The smallest absolute Gasteiger partial charge is 0.292 e. The molecule has 1 unspecified atom stereocenters. The second kappa shape index (κ2) is 5.29. The van der Waals surface area contributed by atoms with E-state index in [9.17, 15) is 18.0 Å². The fourth-order valence-electron chi connectivity index (χ4n) is 1.29. The Labute approximate surface area is 97.9 Å². The van der Waals surface area contributed by atoms with Crippen LogP contribution in [-0.4, -0.2) is 10.8 Å². The SMILES string of the molecule is CCC(C)CC(=O)c1ccc(C(F)(F)F)cn1. The fourth-order valence-corrected chi connectivity index (χ4v) is 1.29. The van der Waals surface area contributed by atoms with E-state index < -0.39 is 11.7 Å². The lowest BCUT2D eigenvalue weighted by molar-refractivity contribution is -0.137. The number of Topliss-reactive ketones (excluding diaryl/α,β-unsaturated/α-hetero) is 1. The molecule has 5 heteroatoms. The van der Waals surface area contributed by atoms with Gasteiger partial charge >= 0.3 is 6.18 Å². The number of aromatic nitrogens is 1. The number of rotatable bonds is 4. The lowest BCUT2D eigenvalue weighted by Gasteiger charge is -2.08. The summed E-state index contributed by atoms with van der Waals surface area (Å²) in [4.78, 5) is 15.2. The highest BCUT2D eigenvalue weighted by molar-refractivity contribution is 5.94. The summed E-state index contributed by atoms with van der Waals surface area (Å²) in [5, 5.41) is 0. The molecule has 0 saturated heterocycles. The van der Waals surface area contributed by atoms with Gasteiger partial charge in [-0.3, -0.25) is 9.78 Å². The van der Waals surface area contributed by atoms with E-state index in [2.05, 4.69) is 4.98 Å². The number of halogens is 3. The van der Waals surface area contributed by atoms with Crippen molar-refractivity contribution in [1.29, 1.82) is 0 Å². The van der Waals surface area contributed by atoms with Crippen molar-refractivity contribution in [3.63, 3.8) is 0 Å². The van der Waals surface area contributed by atoms with Crippen LogP contribution in [-0.2, 0) is 6.18 Å². The predicted molar refractivity (Wildman–Crippen MR) is 57.6 cm³/mol. The molecule has 0 aliphatic rings. The van der Waals surface area contributed by atoms with Crippen LogP contribution in [0.15, 0.2) is 18.3 Å². The monoisotopic (exact) mass is 245 g/mol. The van der Waals surface area contributed by atoms with Gasteiger partial charge in [0.05, 0.1) is 5.56 Å². The molecule has 1 rings (SSSR count). The maximum absolute atomic E-state index is 12.3. The minimum absolute atomic E-state index is 0.0956. The van der Waals surface area contributed by atoms with Gasteiger partial charge in [-0.15, -0.1) is 0 Å². The maximum atomic E-state index is 12.3. The van der Waals surface area contributed by atoms with Crippen LogP contribution in [0.5, 0.6) is 0 Å². The third-order valence-corrected chi connectivity index (χ3v) is 2.61. The number of carbonyl (C=O) groups is 1. The van der Waals surface area contributed by atoms with Crippen molar-refractivity contribution in [3.05, 3.63) is 29.6 Å². The molecule has 94 valence electrons. The Morgan fingerprint density at radius 1 is 1.41 bits per heavy atom. The zero-order valence-electron chi connectivity index (χ0n) is 9.71. The summed E-state index contributed by atoms with van der Waals surface area (Å²) >= 11 is 0. The molecule has 0 aromatic carbocycles. The largest absolute Gasteiger partial charge is 0.417 e. The number of hydrogen-bond donors (Lipinski definition) is 0. The van der Waals surface area contributed by atoms with Crippen molar-refractivity contribution in [2.45, 2.75) is 32.9 Å². The third-order valence-electron chi connectivity index (χ3n) is 2.61. The molecule has 1 aromatic rings. The highest BCUT2D eigenvalue weighted by Crippen LogP contribution is 2.28. The van der Waals surface area contributed by atoms with E-state index in [1.807, 2.05) is 13.8 Å². The first-order chi connectivity index (χ1) is 7.84. The number of alkyl halides is 3. The molecule has 0 aliphatic heterocycles. The normalized spacial score (nSPS) is 13.5. The molecular weight excluding hydrogens is 231 g/mol. The van der Waals surface area contributed by atoms with Crippen LogP contribution in [0.4, 0.5) is 13.2 Å². The quantitative estimate of drug-likeness (QED) is 0.757. The Morgan fingerprint density at radius 2 is 2.06 bits per heavy atom. The highest BCUT2D eigenvalue weighted by atomic mass is 19.4. The topological polar surface area (TPSA) is 30.0 Å². The summed E-state index contributed by atoms with van der Waals surface area (Å²) in [6.45, 7) is 3.88. The number of nitrogens with zero attached hydrogens (tertiary/aromatic N) is 1. The van der Waals surface area contributed by atoms with E-state index in [1.54, 1.807) is 0 Å². The summed E-state index contributed by atoms with van der Waals surface area (Å²) in [5.74, 6) is -0.000308. The average molecular weight is 245 g/mol. The van der Waals surface area contributed by atoms with E-state index in [4.69, 9.17) is 0 Å². The lowest BCUT2D eigenvalue weighted by Crippen LogP contribution is -2.10. The van der Waals surface area contributed by atoms with Gasteiger partial charge in [-0.1, -0.05) is 20.3 Å². The first-order valence-corrected chi connectivity index (χ1v) is 5.41. The van der Waals surface area contributed by atoms with Gasteiger partial charge in [0.1, 0.15) is 5.69 Å². The Balaban J connectivity index is 2.78. The molecular formula is C12H14F3NO. The van der Waals surface area contributed by atoms with Gasteiger partial charge in [-0.25, -0.2) is 0 Å². The van der Waals surface area contributed by atoms with E-state index >= 15 is 0 Å². The molecule has 1 heterocycles. The van der Waals surface area contributed by atoms with Crippen molar-refractivity contribution in [2.24, 2.45) is 5.92 Å². The van der Waals surface area contributed by atoms with Gasteiger partial charge in [0, 0.05) is 12.6 Å². The molecule has 0 aliphatic carbocycles. The van der Waals surface area contributed by atoms with Crippen molar-refractivity contribution in [1.82, 2.24) is 4.98 Å². The zero-order valence-corrected chi connectivity index (χ0v) is 9.71. The molecule has 1 atom stereocenters. The first kappa shape index (κ1) is 13.7. The third kappa shape index (κ3) is 3.84. The van der Waals surface area contributed by atoms with Crippen LogP contribution in [0.25, 0.3) is 0 Å². The van der Waals surface area contributed by atoms with Crippen molar-refractivity contribution < 1.29 is 18.0 Å². The number of carbonyl (C=O) groups excluding carboxylic acids is 1. The molecule has 0 bridgehead atoms. The fraction of sp³-hybridized carbons (Fsp3) is 0.500. The van der Waals surface area contributed by atoms with Gasteiger partial charge in [0.15, 0.2) is 5.78 Å². The molecule has 1 aromatic heterocycles. The summed E-state index contributed by atoms with van der Waals surface area (Å²) < 4.78 is 36.8. The predicted octanol–water partition coefficient (Wildman–Crippen LogP) is 3.72. The average Bonchev–Trinajstić information content (AvgIpc) is 2.27. The number of pyridine rings is 1. The van der Waals surface area contributed by atoms with Gasteiger partial charge in [0.25, 0.3) is 0 Å². The van der Waals surface area contributed by atoms with Crippen molar-refractivity contribution in [2.75, 3.05) is 0 Å². The van der Waals surface area contributed by atoms with Crippen LogP contribution in [0.3, 0.4) is 0 Å². The molecule has 0 fully saturated rings. The molecule has 0 spiro atoms. The van der Waals surface area contributed by atoms with Crippen LogP contribution in [0.1, 0.15) is 42.7 Å². The van der Waals surface area contributed by atoms with Crippen LogP contribution < -0.4 is 0 Å². The van der Waals surface area contributed by atoms with E-state index in [0.717, 1.165) is 18.6 Å². The summed E-state index contributed by atoms with van der Waals surface area (Å²) in [6.07, 6.45) is -2.55. The lowest BCUT2D eigenvalue weighted by atomic mass is 10.0. The molecule has 2 nitrogen and oxygen atoms in total. The molecule has 0 saturated carbocycles. The maximum Gasteiger partial charge on any atom is 0.417 e. The van der Waals surface area contributed by atoms with Crippen molar-refractivity contribution in [3.8, 4) is 0 Å². The molecule has 0 N–H and O–H groups in total. The van der Waals surface area contributed by atoms with Crippen LogP contribution in [0, 0.1) is 5.92 Å². The molecule has 0 amide bonds. The van der Waals surface area contributed by atoms with Gasteiger partial charge in [-0.05, 0) is 18.1 Å². The Bertz CT molecular complexity index is 384. The number of hydrogen-bond acceptors (Lipinski definition) is 2. The van der Waals surface area contributed by atoms with E-state index in [0.29, 0.717) is 12.6 Å². The minimum atomic E-state index is -4.41. The van der Waals surface area contributed by atoms with Gasteiger partial charge in [-0.2, -0.15) is 13.2 Å². The van der Waals surface area contributed by atoms with Gasteiger partial charge < -0.3 is 0 Å². The standard InChI is InChI=1S/C12H14F3NO/c1-3-8(2)6-11(17)10-5-4-9(7-16-10)12(13,14)15/h4-5,7-8H,3,6H2,1-2H3. The highest BCUT2D eigenvalue weighted by Gasteiger charge is 2.30. The minimum Gasteiger partial charge on any atom is -0.292 e. The van der Waals surface area contributed by atoms with Gasteiger partial charge in [0.2, 0.25) is 0 Å². The Kier molecular flexibility index (Phi) is 4.26. The summed E-state index contributed by atoms with van der Waals surface area (Å²) in [5.41, 5.74) is -0.740. The first-order valence-electron chi connectivity index (χ1n) is 5.41. The summed E-state index contributed by atoms with van der Waals surface area (Å²) in [6, 6.07) is 2.02. The van der Waals surface area contributed by atoms with E-state index in [1.165, 1.54) is 0 Å². The molecule has 17 heavy (non-hydrogen) atoms. The Morgan fingerprint density at radius 3 is 2.47 bits per heavy atom. The van der Waals surface area contributed by atoms with Crippen LogP contribution >= 0.6 is 0 Å². The van der Waals surface area contributed by atoms with Crippen molar-refractivity contribution >= 4 is 5.78 Å². The van der Waals surface area contributed by atoms with Crippen LogP contribution in [0.2, 0.25) is 0 Å². The zero-order chi connectivity index (χ0) is 13.1. The van der Waals surface area contributed by atoms with E-state index in [-0.39, 0.29) is 17.4 Å². The second-order valence-corrected chi connectivity index (χ2v) is 4.07. The summed E-state index contributed by atoms with van der Waals surface area (Å²) in [7, 11) is 0. The number of ketones is 1. The second-order valence-electron chi connectivity index (χ2n) is 4.07. The Hall–Kier alpha value is -1.39.